The molecule has 0 bridgehead atoms. The van der Waals surface area contributed by atoms with E-state index in [0.717, 1.165) is 44.9 Å². The number of hydrogen-bond donors (Lipinski definition) is 5. The Bertz CT molecular complexity index is 955. The van der Waals surface area contributed by atoms with Crippen molar-refractivity contribution in [2.45, 2.75) is 327 Å². The molecule has 0 saturated carbocycles. The van der Waals surface area contributed by atoms with Gasteiger partial charge in [0, 0.05) is 0 Å². The van der Waals surface area contributed by atoms with E-state index in [1.807, 2.05) is 0 Å². The predicted molar refractivity (Wildman–Crippen MR) is 274 cm³/mol. The summed E-state index contributed by atoms with van der Waals surface area (Å²) < 4.78 is 0. The van der Waals surface area contributed by atoms with E-state index in [2.05, 4.69) is 43.5 Å². The summed E-state index contributed by atoms with van der Waals surface area (Å²) in [6, 6.07) is -0.983. The molecule has 0 spiro atoms. The first-order chi connectivity index (χ1) is 31.0. The molecule has 0 radical (unpaired) electrons. The highest BCUT2D eigenvalue weighted by atomic mass is 16.3. The highest BCUT2D eigenvalue weighted by Gasteiger charge is 2.28. The van der Waals surface area contributed by atoms with Crippen molar-refractivity contribution in [3.63, 3.8) is 0 Å². The van der Waals surface area contributed by atoms with Crippen LogP contribution in [0, 0.1) is 0 Å². The minimum atomic E-state index is -1.26. The van der Waals surface area contributed by atoms with Crippen molar-refractivity contribution in [3.8, 4) is 0 Å². The van der Waals surface area contributed by atoms with Crippen LogP contribution in [0.1, 0.15) is 303 Å². The molecule has 0 heterocycles. The van der Waals surface area contributed by atoms with Crippen molar-refractivity contribution in [1.29, 1.82) is 0 Å². The molecule has 0 aromatic heterocycles. The number of carbonyl (C=O) groups excluding carboxylic acids is 1. The zero-order valence-corrected chi connectivity index (χ0v) is 42.3. The third kappa shape index (κ3) is 45.7. The lowest BCUT2D eigenvalue weighted by Gasteiger charge is -2.27. The molecule has 374 valence electrons. The van der Waals surface area contributed by atoms with Gasteiger partial charge in [0.15, 0.2) is 0 Å². The lowest BCUT2D eigenvalue weighted by atomic mass is 9.99. The Labute approximate surface area is 393 Å². The standard InChI is InChI=1S/C57H111NO5/c1-3-5-7-9-11-13-15-17-18-19-20-21-22-23-24-25-26-27-28-29-30-31-32-33-34-35-36-37-39-41-43-45-47-49-51-55(61)57(63)58-53(52-59)56(62)54(60)50-48-46-44-42-40-38-16-14-12-10-8-6-4-2/h22-23,25-26,53-56,59-62H,3-21,24,27-52H2,1-2H3,(H,58,63)/b23-22-,26-25-. The summed E-state index contributed by atoms with van der Waals surface area (Å²) in [5.41, 5.74) is 0. The average molecular weight is 891 g/mol. The molecule has 0 aromatic rings. The van der Waals surface area contributed by atoms with Crippen LogP contribution in [0.2, 0.25) is 0 Å². The molecule has 0 fully saturated rings. The maximum Gasteiger partial charge on any atom is 0.249 e. The summed E-state index contributed by atoms with van der Waals surface area (Å²) in [6.45, 7) is 4.07. The van der Waals surface area contributed by atoms with Crippen molar-refractivity contribution in [2.75, 3.05) is 6.61 Å². The van der Waals surface area contributed by atoms with Crippen LogP contribution in [0.3, 0.4) is 0 Å². The second kappa shape index (κ2) is 51.8. The smallest absolute Gasteiger partial charge is 0.249 e. The van der Waals surface area contributed by atoms with Gasteiger partial charge in [-0.2, -0.15) is 0 Å². The van der Waals surface area contributed by atoms with Crippen molar-refractivity contribution < 1.29 is 25.2 Å². The summed E-state index contributed by atoms with van der Waals surface area (Å²) in [5, 5.41) is 43.9. The summed E-state index contributed by atoms with van der Waals surface area (Å²) in [5.74, 6) is -0.580. The highest BCUT2D eigenvalue weighted by Crippen LogP contribution is 2.18. The number of nitrogens with one attached hydrogen (secondary N) is 1. The Morgan fingerprint density at radius 3 is 1.00 bits per heavy atom. The van der Waals surface area contributed by atoms with Crippen molar-refractivity contribution in [3.05, 3.63) is 24.3 Å². The molecule has 0 aliphatic heterocycles. The average Bonchev–Trinajstić information content (AvgIpc) is 3.29. The first-order valence-electron chi connectivity index (χ1n) is 28.2. The zero-order chi connectivity index (χ0) is 45.9. The zero-order valence-electron chi connectivity index (χ0n) is 42.3. The van der Waals surface area contributed by atoms with Gasteiger partial charge in [-0.05, 0) is 44.9 Å². The maximum absolute atomic E-state index is 12.6. The molecular weight excluding hydrogens is 779 g/mol. The second-order valence-corrected chi connectivity index (χ2v) is 19.6. The monoisotopic (exact) mass is 890 g/mol. The predicted octanol–water partition coefficient (Wildman–Crippen LogP) is 16.3. The third-order valence-electron chi connectivity index (χ3n) is 13.4. The number of carbonyl (C=O) groups is 1. The first-order valence-corrected chi connectivity index (χ1v) is 28.2. The van der Waals surface area contributed by atoms with Crippen molar-refractivity contribution in [2.24, 2.45) is 0 Å². The molecule has 1 amide bonds. The molecule has 0 aliphatic rings. The molecule has 6 nitrogen and oxygen atoms in total. The highest BCUT2D eigenvalue weighted by molar-refractivity contribution is 5.80. The SMILES string of the molecule is CCCCCCCCCCCCC/C=C\C/C=C\CCCCCCCCCCCCCCCCCCC(O)C(=O)NC(CO)C(O)C(O)CCCCCCCCCCCCCCC. The van der Waals surface area contributed by atoms with E-state index < -0.39 is 36.9 Å². The fourth-order valence-electron chi connectivity index (χ4n) is 8.97. The number of rotatable bonds is 52. The van der Waals surface area contributed by atoms with E-state index in [4.69, 9.17) is 0 Å². The Morgan fingerprint density at radius 1 is 0.397 bits per heavy atom. The number of amides is 1. The van der Waals surface area contributed by atoms with Gasteiger partial charge in [-0.3, -0.25) is 4.79 Å². The van der Waals surface area contributed by atoms with Gasteiger partial charge in [0.1, 0.15) is 12.2 Å². The van der Waals surface area contributed by atoms with Crippen molar-refractivity contribution >= 4 is 5.91 Å². The summed E-state index contributed by atoms with van der Waals surface area (Å²) >= 11 is 0. The van der Waals surface area contributed by atoms with E-state index in [1.165, 1.54) is 231 Å². The summed E-state index contributed by atoms with van der Waals surface area (Å²) in [4.78, 5) is 12.6. The van der Waals surface area contributed by atoms with Crippen LogP contribution in [-0.4, -0.2) is 57.3 Å². The number of aliphatic hydroxyl groups excluding tert-OH is 4. The van der Waals surface area contributed by atoms with E-state index in [1.54, 1.807) is 0 Å². The molecule has 4 unspecified atom stereocenters. The van der Waals surface area contributed by atoms with E-state index in [0.29, 0.717) is 12.8 Å². The van der Waals surface area contributed by atoms with Gasteiger partial charge in [0.25, 0.3) is 0 Å². The van der Waals surface area contributed by atoms with E-state index >= 15 is 0 Å². The van der Waals surface area contributed by atoms with Gasteiger partial charge >= 0.3 is 0 Å². The number of allylic oxidation sites excluding steroid dienone is 4. The van der Waals surface area contributed by atoms with Gasteiger partial charge in [-0.25, -0.2) is 0 Å². The van der Waals surface area contributed by atoms with Crippen LogP contribution in [0.5, 0.6) is 0 Å². The number of aliphatic hydroxyl groups is 4. The van der Waals surface area contributed by atoms with Crippen LogP contribution in [0.25, 0.3) is 0 Å². The molecule has 0 rings (SSSR count). The van der Waals surface area contributed by atoms with Gasteiger partial charge in [-0.1, -0.05) is 282 Å². The molecule has 4 atom stereocenters. The number of hydrogen-bond acceptors (Lipinski definition) is 5. The topological polar surface area (TPSA) is 110 Å². The Morgan fingerprint density at radius 2 is 0.683 bits per heavy atom. The minimum Gasteiger partial charge on any atom is -0.394 e. The Balaban J connectivity index is 3.55. The van der Waals surface area contributed by atoms with E-state index in [-0.39, 0.29) is 0 Å². The molecule has 6 heteroatoms. The van der Waals surface area contributed by atoms with Crippen LogP contribution >= 0.6 is 0 Å². The normalized spacial score (nSPS) is 13.9. The first kappa shape index (κ1) is 61.8. The van der Waals surface area contributed by atoms with Gasteiger partial charge in [0.2, 0.25) is 5.91 Å². The van der Waals surface area contributed by atoms with Crippen molar-refractivity contribution in [1.82, 2.24) is 5.32 Å². The largest absolute Gasteiger partial charge is 0.394 e. The summed E-state index contributed by atoms with van der Waals surface area (Å²) in [7, 11) is 0. The van der Waals surface area contributed by atoms with E-state index in [9.17, 15) is 25.2 Å². The lowest BCUT2D eigenvalue weighted by molar-refractivity contribution is -0.132. The molecule has 0 aromatic carbocycles. The molecule has 0 saturated heterocycles. The second-order valence-electron chi connectivity index (χ2n) is 19.6. The lowest BCUT2D eigenvalue weighted by Crippen LogP contribution is -2.53. The Hall–Kier alpha value is -1.21. The molecular formula is C57H111NO5. The van der Waals surface area contributed by atoms with Gasteiger partial charge in [-0.15, -0.1) is 0 Å². The van der Waals surface area contributed by atoms with Crippen LogP contribution < -0.4 is 5.32 Å². The third-order valence-corrected chi connectivity index (χ3v) is 13.4. The van der Waals surface area contributed by atoms with Crippen LogP contribution in [-0.2, 0) is 4.79 Å². The van der Waals surface area contributed by atoms with Gasteiger partial charge in [0.05, 0.1) is 18.8 Å². The molecule has 63 heavy (non-hydrogen) atoms. The summed E-state index contributed by atoms with van der Waals surface area (Å²) in [6.07, 6.45) is 62.6. The van der Waals surface area contributed by atoms with Crippen LogP contribution in [0.15, 0.2) is 24.3 Å². The van der Waals surface area contributed by atoms with Gasteiger partial charge < -0.3 is 25.7 Å². The fraction of sp³-hybridized carbons (Fsp3) is 0.912. The fourth-order valence-corrected chi connectivity index (χ4v) is 8.97. The maximum atomic E-state index is 12.6. The molecule has 0 aliphatic carbocycles. The number of unbranched alkanes of at least 4 members (excludes halogenated alkanes) is 39. The van der Waals surface area contributed by atoms with Crippen LogP contribution in [0.4, 0.5) is 0 Å². The quantitative estimate of drug-likeness (QED) is 0.0309. The minimum absolute atomic E-state index is 0.372. The Kier molecular flexibility index (Phi) is 50.8. The molecule has 5 N–H and O–H groups in total.